The van der Waals surface area contributed by atoms with Gasteiger partial charge in [0.2, 0.25) is 0 Å². The average molecular weight is 241 g/mol. The first kappa shape index (κ1) is 12.3. The van der Waals surface area contributed by atoms with E-state index in [9.17, 15) is 4.79 Å². The highest BCUT2D eigenvalue weighted by atomic mass is 35.5. The number of hydrogen-bond acceptors (Lipinski definition) is 2. The van der Waals surface area contributed by atoms with E-state index in [1.54, 1.807) is 11.8 Å². The molecule has 0 amide bonds. The zero-order chi connectivity index (χ0) is 11.3. The molecular formula is C12H13ClOS. The van der Waals surface area contributed by atoms with Gasteiger partial charge in [-0.15, -0.1) is 11.8 Å². The summed E-state index contributed by atoms with van der Waals surface area (Å²) in [5.41, 5.74) is 1.77. The average Bonchev–Trinajstić information content (AvgIpc) is 2.32. The summed E-state index contributed by atoms with van der Waals surface area (Å²) in [5, 5.41) is 0.712. The molecule has 0 fully saturated rings. The highest BCUT2D eigenvalue weighted by Gasteiger charge is 2.12. The van der Waals surface area contributed by atoms with Crippen LogP contribution in [0.15, 0.2) is 28.7 Å². The van der Waals surface area contributed by atoms with Crippen molar-refractivity contribution in [1.29, 1.82) is 0 Å². The van der Waals surface area contributed by atoms with Crippen LogP contribution in [0.5, 0.6) is 0 Å². The monoisotopic (exact) mass is 240 g/mol. The van der Waals surface area contributed by atoms with Crippen molar-refractivity contribution in [3.63, 3.8) is 0 Å². The molecule has 0 radical (unpaired) electrons. The molecule has 80 valence electrons. The van der Waals surface area contributed by atoms with Crippen LogP contribution in [0.4, 0.5) is 0 Å². The Bertz CT molecular complexity index is 385. The van der Waals surface area contributed by atoms with Gasteiger partial charge in [0.1, 0.15) is 6.29 Å². The number of rotatable bonds is 1. The van der Waals surface area contributed by atoms with Crippen molar-refractivity contribution in [3.05, 3.63) is 34.4 Å². The number of benzene rings is 1. The van der Waals surface area contributed by atoms with Gasteiger partial charge in [-0.2, -0.15) is 0 Å². The van der Waals surface area contributed by atoms with Gasteiger partial charge in [-0.25, -0.2) is 0 Å². The van der Waals surface area contributed by atoms with E-state index in [-0.39, 0.29) is 0 Å². The molecule has 1 nitrogen and oxygen atoms in total. The summed E-state index contributed by atoms with van der Waals surface area (Å²) < 4.78 is 0. The zero-order valence-electron chi connectivity index (χ0n) is 8.79. The molecule has 1 aliphatic rings. The highest BCUT2D eigenvalue weighted by Crippen LogP contribution is 2.34. The summed E-state index contributed by atoms with van der Waals surface area (Å²) in [6.07, 6.45) is 2.75. The second-order valence-electron chi connectivity index (χ2n) is 2.78. The Kier molecular flexibility index (Phi) is 4.92. The Hall–Kier alpha value is -0.730. The van der Waals surface area contributed by atoms with E-state index in [2.05, 4.69) is 0 Å². The molecule has 0 aromatic heterocycles. The van der Waals surface area contributed by atoms with Gasteiger partial charge in [-0.3, -0.25) is 4.79 Å². The van der Waals surface area contributed by atoms with Gasteiger partial charge in [0.25, 0.3) is 0 Å². The molecular weight excluding hydrogens is 228 g/mol. The molecule has 0 N–H and O–H groups in total. The van der Waals surface area contributed by atoms with Crippen molar-refractivity contribution in [3.8, 4) is 0 Å². The van der Waals surface area contributed by atoms with Crippen molar-refractivity contribution in [2.75, 3.05) is 5.75 Å². The van der Waals surface area contributed by atoms with Crippen LogP contribution in [0.25, 0.3) is 6.08 Å². The second-order valence-corrected chi connectivity index (χ2v) is 4.20. The molecule has 1 aromatic carbocycles. The van der Waals surface area contributed by atoms with Crippen molar-refractivity contribution in [2.45, 2.75) is 18.7 Å². The lowest BCUT2D eigenvalue weighted by atomic mass is 10.1. The van der Waals surface area contributed by atoms with Crippen molar-refractivity contribution in [1.82, 2.24) is 0 Å². The van der Waals surface area contributed by atoms with Crippen LogP contribution in [-0.2, 0) is 4.79 Å². The van der Waals surface area contributed by atoms with E-state index in [4.69, 9.17) is 11.6 Å². The topological polar surface area (TPSA) is 17.1 Å². The molecule has 2 rings (SSSR count). The van der Waals surface area contributed by atoms with Crippen molar-refractivity contribution < 1.29 is 4.79 Å². The van der Waals surface area contributed by atoms with Gasteiger partial charge in [-0.1, -0.05) is 31.5 Å². The molecule has 0 spiro atoms. The van der Waals surface area contributed by atoms with Gasteiger partial charge >= 0.3 is 0 Å². The quantitative estimate of drug-likeness (QED) is 0.689. The minimum atomic E-state index is 0.712. The lowest BCUT2D eigenvalue weighted by Crippen LogP contribution is -1.96. The molecule has 0 saturated carbocycles. The molecule has 0 bridgehead atoms. The smallest absolute Gasteiger partial charge is 0.146 e. The Balaban J connectivity index is 0.000000531. The van der Waals surface area contributed by atoms with Crippen molar-refractivity contribution in [2.24, 2.45) is 0 Å². The van der Waals surface area contributed by atoms with Crippen LogP contribution in [0.1, 0.15) is 19.4 Å². The number of halogens is 1. The van der Waals surface area contributed by atoms with Crippen molar-refractivity contribution >= 4 is 35.7 Å². The molecule has 0 atom stereocenters. The summed E-state index contributed by atoms with van der Waals surface area (Å²) in [7, 11) is 0. The fourth-order valence-electron chi connectivity index (χ4n) is 1.24. The van der Waals surface area contributed by atoms with E-state index in [0.29, 0.717) is 5.02 Å². The Morgan fingerprint density at radius 3 is 2.80 bits per heavy atom. The van der Waals surface area contributed by atoms with E-state index in [1.807, 2.05) is 38.1 Å². The second kappa shape index (κ2) is 5.99. The fraction of sp³-hybridized carbons (Fsp3) is 0.250. The molecule has 15 heavy (non-hydrogen) atoms. The van der Waals surface area contributed by atoms with Crippen LogP contribution in [0.2, 0.25) is 5.02 Å². The first-order valence-corrected chi connectivity index (χ1v) is 6.24. The molecule has 0 aliphatic carbocycles. The summed E-state index contributed by atoms with van der Waals surface area (Å²) in [4.78, 5) is 11.7. The molecule has 0 saturated heterocycles. The molecule has 1 aromatic rings. The summed E-state index contributed by atoms with van der Waals surface area (Å²) >= 11 is 7.64. The van der Waals surface area contributed by atoms with E-state index < -0.39 is 0 Å². The standard InChI is InChI=1S/C10H7ClOS.C2H6/c11-9-2-1-3-10-8(9)4-7(5-12)6-13-10;1-2/h1-5H,6H2;1-2H3. The number of fused-ring (bicyclic) bond motifs is 1. The van der Waals surface area contributed by atoms with E-state index >= 15 is 0 Å². The predicted octanol–water partition coefficient (Wildman–Crippen LogP) is 4.05. The number of aldehydes is 1. The van der Waals surface area contributed by atoms with Crippen LogP contribution in [0.3, 0.4) is 0 Å². The van der Waals surface area contributed by atoms with Gasteiger partial charge in [0, 0.05) is 26.8 Å². The fourth-order valence-corrected chi connectivity index (χ4v) is 2.50. The molecule has 1 aliphatic heterocycles. The third-order valence-corrected chi connectivity index (χ3v) is 3.36. The largest absolute Gasteiger partial charge is 0.298 e. The third kappa shape index (κ3) is 2.86. The third-order valence-electron chi connectivity index (χ3n) is 1.89. The Morgan fingerprint density at radius 1 is 1.40 bits per heavy atom. The zero-order valence-corrected chi connectivity index (χ0v) is 10.4. The van der Waals surface area contributed by atoms with Gasteiger partial charge in [0.15, 0.2) is 0 Å². The van der Waals surface area contributed by atoms with Crippen LogP contribution in [-0.4, -0.2) is 12.0 Å². The SMILES string of the molecule is CC.O=CC1=Cc2c(Cl)cccc2SC1. The Morgan fingerprint density at radius 2 is 2.13 bits per heavy atom. The van der Waals surface area contributed by atoms with Crippen LogP contribution >= 0.6 is 23.4 Å². The lowest BCUT2D eigenvalue weighted by molar-refractivity contribution is -0.104. The van der Waals surface area contributed by atoms with Gasteiger partial charge in [-0.05, 0) is 18.2 Å². The normalized spacial score (nSPS) is 13.1. The first-order chi connectivity index (χ1) is 7.31. The van der Waals surface area contributed by atoms with E-state index in [0.717, 1.165) is 28.1 Å². The molecule has 1 heterocycles. The maximum atomic E-state index is 10.6. The van der Waals surface area contributed by atoms with Gasteiger partial charge < -0.3 is 0 Å². The van der Waals surface area contributed by atoms with E-state index in [1.165, 1.54) is 0 Å². The maximum Gasteiger partial charge on any atom is 0.146 e. The number of carbonyl (C=O) groups excluding carboxylic acids is 1. The molecule has 0 unspecified atom stereocenters. The van der Waals surface area contributed by atoms with Gasteiger partial charge in [0.05, 0.1) is 0 Å². The van der Waals surface area contributed by atoms with Crippen LogP contribution < -0.4 is 0 Å². The highest BCUT2D eigenvalue weighted by molar-refractivity contribution is 7.99. The summed E-state index contributed by atoms with van der Waals surface area (Å²) in [6, 6.07) is 5.78. The number of thioether (sulfide) groups is 1. The minimum Gasteiger partial charge on any atom is -0.298 e. The lowest BCUT2D eigenvalue weighted by Gasteiger charge is -2.13. The predicted molar refractivity (Wildman–Crippen MR) is 67.6 cm³/mol. The first-order valence-electron chi connectivity index (χ1n) is 4.88. The van der Waals surface area contributed by atoms with Crippen LogP contribution in [0, 0.1) is 0 Å². The summed E-state index contributed by atoms with van der Waals surface area (Å²) in [5.74, 6) is 0.747. The number of carbonyl (C=O) groups is 1. The minimum absolute atomic E-state index is 0.712. The summed E-state index contributed by atoms with van der Waals surface area (Å²) in [6.45, 7) is 4.00. The molecule has 3 heteroatoms. The maximum absolute atomic E-state index is 10.6. The Labute approximate surface area is 99.5 Å². The number of hydrogen-bond donors (Lipinski definition) is 0.